The second-order valence-corrected chi connectivity index (χ2v) is 5.31. The van der Waals surface area contributed by atoms with Gasteiger partial charge in [0.25, 0.3) is 0 Å². The van der Waals surface area contributed by atoms with Crippen molar-refractivity contribution in [2.24, 2.45) is 0 Å². The van der Waals surface area contributed by atoms with E-state index in [-0.39, 0.29) is 6.54 Å². The van der Waals surface area contributed by atoms with Gasteiger partial charge in [0.2, 0.25) is 0 Å². The topological polar surface area (TPSA) is 37.8 Å². The first-order valence-electron chi connectivity index (χ1n) is 6.12. The van der Waals surface area contributed by atoms with Gasteiger partial charge >= 0.3 is 6.18 Å². The summed E-state index contributed by atoms with van der Waals surface area (Å²) in [5.41, 5.74) is -0.100. The van der Waals surface area contributed by atoms with Crippen molar-refractivity contribution in [3.05, 3.63) is 53.2 Å². The molecule has 3 aromatic rings. The summed E-state index contributed by atoms with van der Waals surface area (Å²) in [5.74, 6) is 0.624. The minimum atomic E-state index is -4.33. The molecule has 2 heterocycles. The maximum Gasteiger partial charge on any atom is 0.416 e. The van der Waals surface area contributed by atoms with Crippen molar-refractivity contribution in [2.45, 2.75) is 12.7 Å². The maximum absolute atomic E-state index is 12.7. The van der Waals surface area contributed by atoms with Crippen LogP contribution in [-0.2, 0) is 12.7 Å². The van der Waals surface area contributed by atoms with E-state index >= 15 is 0 Å². The lowest BCUT2D eigenvalue weighted by Gasteiger charge is -2.10. The van der Waals surface area contributed by atoms with E-state index in [2.05, 4.69) is 15.3 Å². The molecule has 0 unspecified atom stereocenters. The van der Waals surface area contributed by atoms with Crippen LogP contribution in [0.15, 0.2) is 42.0 Å². The first kappa shape index (κ1) is 13.8. The number of thiophene rings is 1. The monoisotopic (exact) mass is 309 g/mol. The number of alkyl halides is 3. The second-order valence-electron chi connectivity index (χ2n) is 4.41. The van der Waals surface area contributed by atoms with E-state index in [4.69, 9.17) is 0 Å². The first-order valence-corrected chi connectivity index (χ1v) is 7.00. The molecule has 0 radical (unpaired) electrons. The molecule has 0 fully saturated rings. The number of fused-ring (bicyclic) bond motifs is 1. The van der Waals surface area contributed by atoms with Crippen LogP contribution in [0.25, 0.3) is 10.2 Å². The van der Waals surface area contributed by atoms with E-state index in [1.807, 2.05) is 11.4 Å². The van der Waals surface area contributed by atoms with Crippen LogP contribution in [0.1, 0.15) is 11.1 Å². The molecule has 0 saturated carbocycles. The third-order valence-corrected chi connectivity index (χ3v) is 3.80. The van der Waals surface area contributed by atoms with E-state index in [0.29, 0.717) is 11.4 Å². The summed E-state index contributed by atoms with van der Waals surface area (Å²) >= 11 is 1.49. The molecular formula is C14H10F3N3S. The van der Waals surface area contributed by atoms with Crippen molar-refractivity contribution in [3.63, 3.8) is 0 Å². The Morgan fingerprint density at radius 1 is 1.14 bits per heavy atom. The van der Waals surface area contributed by atoms with Crippen LogP contribution in [-0.4, -0.2) is 9.97 Å². The Kier molecular flexibility index (Phi) is 3.50. The number of anilines is 1. The van der Waals surface area contributed by atoms with Crippen LogP contribution in [0.2, 0.25) is 0 Å². The fraction of sp³-hybridized carbons (Fsp3) is 0.143. The molecule has 21 heavy (non-hydrogen) atoms. The molecule has 2 aromatic heterocycles. The zero-order valence-electron chi connectivity index (χ0n) is 10.7. The zero-order valence-corrected chi connectivity index (χ0v) is 11.5. The summed E-state index contributed by atoms with van der Waals surface area (Å²) in [6.07, 6.45) is -2.89. The summed E-state index contributed by atoms with van der Waals surface area (Å²) < 4.78 is 38.0. The minimum absolute atomic E-state index is 0.270. The number of hydrogen-bond acceptors (Lipinski definition) is 4. The molecule has 7 heteroatoms. The Hall–Kier alpha value is -2.15. The third-order valence-electron chi connectivity index (χ3n) is 2.98. The number of hydrogen-bond donors (Lipinski definition) is 1. The van der Waals surface area contributed by atoms with Crippen molar-refractivity contribution >= 4 is 27.4 Å². The van der Waals surface area contributed by atoms with Gasteiger partial charge in [0, 0.05) is 6.54 Å². The Morgan fingerprint density at radius 2 is 2.00 bits per heavy atom. The van der Waals surface area contributed by atoms with Crippen LogP contribution < -0.4 is 5.32 Å². The molecule has 0 aliphatic rings. The van der Waals surface area contributed by atoms with Gasteiger partial charge < -0.3 is 5.32 Å². The lowest BCUT2D eigenvalue weighted by atomic mass is 10.1. The van der Waals surface area contributed by atoms with Crippen molar-refractivity contribution in [1.29, 1.82) is 0 Å². The van der Waals surface area contributed by atoms with Crippen LogP contribution in [0.3, 0.4) is 0 Å². The second kappa shape index (κ2) is 5.33. The van der Waals surface area contributed by atoms with Gasteiger partial charge in [0.1, 0.15) is 17.0 Å². The normalized spacial score (nSPS) is 11.8. The molecule has 108 valence electrons. The van der Waals surface area contributed by atoms with E-state index in [1.165, 1.54) is 23.7 Å². The third kappa shape index (κ3) is 2.97. The number of aromatic nitrogens is 2. The smallest absolute Gasteiger partial charge is 0.365 e. The number of rotatable bonds is 3. The van der Waals surface area contributed by atoms with Crippen LogP contribution in [0.5, 0.6) is 0 Å². The van der Waals surface area contributed by atoms with Crippen molar-refractivity contribution in [3.8, 4) is 0 Å². The quantitative estimate of drug-likeness (QED) is 0.783. The van der Waals surface area contributed by atoms with Gasteiger partial charge in [0.05, 0.1) is 10.9 Å². The summed E-state index contributed by atoms with van der Waals surface area (Å²) in [6.45, 7) is 0.270. The van der Waals surface area contributed by atoms with Gasteiger partial charge in [-0.2, -0.15) is 13.2 Å². The molecular weight excluding hydrogens is 299 g/mol. The van der Waals surface area contributed by atoms with E-state index in [1.54, 1.807) is 6.07 Å². The van der Waals surface area contributed by atoms with Crippen molar-refractivity contribution in [2.75, 3.05) is 5.32 Å². The Morgan fingerprint density at radius 3 is 2.81 bits per heavy atom. The highest BCUT2D eigenvalue weighted by atomic mass is 32.1. The van der Waals surface area contributed by atoms with Gasteiger partial charge in [-0.1, -0.05) is 12.1 Å². The molecule has 0 aliphatic carbocycles. The van der Waals surface area contributed by atoms with Crippen LogP contribution >= 0.6 is 11.3 Å². The molecule has 0 bridgehead atoms. The lowest BCUT2D eigenvalue weighted by Crippen LogP contribution is -2.07. The Labute approximate surface area is 122 Å². The Balaban J connectivity index is 1.80. The summed E-state index contributed by atoms with van der Waals surface area (Å²) in [7, 11) is 0. The summed E-state index contributed by atoms with van der Waals surface area (Å²) in [5, 5.41) is 5.82. The number of halogens is 3. The van der Waals surface area contributed by atoms with Gasteiger partial charge in [0.15, 0.2) is 0 Å². The zero-order chi connectivity index (χ0) is 14.9. The molecule has 0 atom stereocenters. The first-order chi connectivity index (χ1) is 10.0. The molecule has 0 aliphatic heterocycles. The molecule has 0 amide bonds. The molecule has 0 saturated heterocycles. The molecule has 1 N–H and O–H groups in total. The van der Waals surface area contributed by atoms with E-state index in [9.17, 15) is 13.2 Å². The highest BCUT2D eigenvalue weighted by Gasteiger charge is 2.30. The van der Waals surface area contributed by atoms with Gasteiger partial charge in [-0.3, -0.25) is 0 Å². The van der Waals surface area contributed by atoms with Crippen LogP contribution in [0, 0.1) is 0 Å². The highest BCUT2D eigenvalue weighted by molar-refractivity contribution is 7.16. The average molecular weight is 309 g/mol. The highest BCUT2D eigenvalue weighted by Crippen LogP contribution is 2.30. The average Bonchev–Trinajstić information content (AvgIpc) is 2.93. The minimum Gasteiger partial charge on any atom is -0.365 e. The van der Waals surface area contributed by atoms with Gasteiger partial charge in [-0.05, 0) is 29.1 Å². The predicted octanol–water partition coefficient (Wildman–Crippen LogP) is 4.32. The van der Waals surface area contributed by atoms with Gasteiger partial charge in [-0.25, -0.2) is 9.97 Å². The summed E-state index contributed by atoms with van der Waals surface area (Å²) in [6, 6.07) is 7.13. The lowest BCUT2D eigenvalue weighted by molar-refractivity contribution is -0.137. The fourth-order valence-electron chi connectivity index (χ4n) is 1.97. The molecule has 0 spiro atoms. The Bertz CT molecular complexity index is 767. The summed E-state index contributed by atoms with van der Waals surface area (Å²) in [4.78, 5) is 9.09. The van der Waals surface area contributed by atoms with Gasteiger partial charge in [-0.15, -0.1) is 11.3 Å². The van der Waals surface area contributed by atoms with E-state index < -0.39 is 11.7 Å². The van der Waals surface area contributed by atoms with Crippen LogP contribution in [0.4, 0.5) is 19.0 Å². The number of nitrogens with zero attached hydrogens (tertiary/aromatic N) is 2. The molecule has 3 rings (SSSR count). The van der Waals surface area contributed by atoms with Crippen molar-refractivity contribution in [1.82, 2.24) is 9.97 Å². The molecule has 1 aromatic carbocycles. The SMILES string of the molecule is FC(F)(F)c1cccc(CNc2ncnc3sccc23)c1. The van der Waals surface area contributed by atoms with Crippen molar-refractivity contribution < 1.29 is 13.2 Å². The maximum atomic E-state index is 12.7. The molecule has 3 nitrogen and oxygen atoms in total. The number of nitrogens with one attached hydrogen (secondary N) is 1. The standard InChI is InChI=1S/C14H10F3N3S/c15-14(16,17)10-3-1-2-9(6-10)7-18-12-11-4-5-21-13(11)20-8-19-12/h1-6,8H,7H2,(H,18,19,20). The predicted molar refractivity (Wildman–Crippen MR) is 76.2 cm³/mol. The largest absolute Gasteiger partial charge is 0.416 e. The van der Waals surface area contributed by atoms with E-state index in [0.717, 1.165) is 22.3 Å². The fourth-order valence-corrected chi connectivity index (χ4v) is 2.71. The number of benzene rings is 1.